The van der Waals surface area contributed by atoms with Gasteiger partial charge in [-0.15, -0.1) is 0 Å². The molecule has 190 valence electrons. The molecule has 33 heavy (non-hydrogen) atoms. The van der Waals surface area contributed by atoms with Gasteiger partial charge in [-0.05, 0) is 32.1 Å². The lowest BCUT2D eigenvalue weighted by Gasteiger charge is -2.35. The van der Waals surface area contributed by atoms with Gasteiger partial charge in [-0.3, -0.25) is 0 Å². The molecule has 2 aliphatic carbocycles. The van der Waals surface area contributed by atoms with Gasteiger partial charge < -0.3 is 28.4 Å². The second-order valence-electron chi connectivity index (χ2n) is 11.0. The van der Waals surface area contributed by atoms with E-state index in [0.717, 1.165) is 51.6 Å². The van der Waals surface area contributed by atoms with Crippen LogP contribution >= 0.6 is 0 Å². The van der Waals surface area contributed by atoms with Gasteiger partial charge in [0.25, 0.3) is 0 Å². The molecule has 5 fully saturated rings. The Morgan fingerprint density at radius 3 is 2.09 bits per heavy atom. The summed E-state index contributed by atoms with van der Waals surface area (Å²) in [5.74, 6) is -0.865. The first-order valence-corrected chi connectivity index (χ1v) is 14.2. The first kappa shape index (κ1) is 24.5. The van der Waals surface area contributed by atoms with Crippen LogP contribution in [0.25, 0.3) is 0 Å². The van der Waals surface area contributed by atoms with Crippen LogP contribution in [0.15, 0.2) is 0 Å². The molecule has 2 spiro atoms. The average Bonchev–Trinajstić information content (AvgIpc) is 3.48. The maximum atomic E-state index is 6.61. The summed E-state index contributed by atoms with van der Waals surface area (Å²) in [4.78, 5) is 0. The molecule has 6 heteroatoms. The van der Waals surface area contributed by atoms with E-state index in [1.165, 1.54) is 64.2 Å². The summed E-state index contributed by atoms with van der Waals surface area (Å²) in [5, 5.41) is 0. The van der Waals surface area contributed by atoms with E-state index < -0.39 is 11.6 Å². The van der Waals surface area contributed by atoms with Crippen LogP contribution < -0.4 is 0 Å². The van der Waals surface area contributed by atoms with Crippen molar-refractivity contribution in [3.8, 4) is 0 Å². The van der Waals surface area contributed by atoms with E-state index in [9.17, 15) is 0 Å². The van der Waals surface area contributed by atoms with Crippen LogP contribution in [0.2, 0.25) is 0 Å². The van der Waals surface area contributed by atoms with E-state index in [1.807, 2.05) is 0 Å². The molecular weight excluding hydrogens is 420 g/mol. The zero-order valence-electron chi connectivity index (χ0n) is 20.8. The number of hydrogen-bond donors (Lipinski definition) is 0. The first-order chi connectivity index (χ1) is 16.2. The molecule has 5 rings (SSSR count). The quantitative estimate of drug-likeness (QED) is 0.368. The number of hydrogen-bond acceptors (Lipinski definition) is 6. The van der Waals surface area contributed by atoms with Gasteiger partial charge in [0.2, 0.25) is 0 Å². The van der Waals surface area contributed by atoms with Gasteiger partial charge in [-0.25, -0.2) is 0 Å². The van der Waals surface area contributed by atoms with Crippen LogP contribution in [0.5, 0.6) is 0 Å². The van der Waals surface area contributed by atoms with Gasteiger partial charge >= 0.3 is 0 Å². The van der Waals surface area contributed by atoms with Crippen molar-refractivity contribution >= 4 is 0 Å². The topological polar surface area (TPSA) is 55.4 Å². The number of ether oxygens (including phenoxy) is 6. The Hall–Kier alpha value is -0.240. The molecular formula is C27H46O6. The Morgan fingerprint density at radius 2 is 1.36 bits per heavy atom. The molecule has 0 aromatic heterocycles. The molecule has 6 nitrogen and oxygen atoms in total. The molecule has 3 saturated heterocycles. The Balaban J connectivity index is 1.17. The predicted octanol–water partition coefficient (Wildman–Crippen LogP) is 6.00. The highest BCUT2D eigenvalue weighted by atomic mass is 16.9. The molecule has 0 aromatic carbocycles. The van der Waals surface area contributed by atoms with Crippen LogP contribution in [-0.4, -0.2) is 55.5 Å². The van der Waals surface area contributed by atoms with E-state index in [-0.39, 0.29) is 30.7 Å². The Labute approximate surface area is 200 Å². The normalized spacial score (nSPS) is 37.2. The van der Waals surface area contributed by atoms with Crippen molar-refractivity contribution in [2.24, 2.45) is 0 Å². The van der Waals surface area contributed by atoms with Crippen molar-refractivity contribution in [2.75, 3.05) is 13.2 Å². The number of unbranched alkanes of at least 4 members (excludes halogenated alkanes) is 6. The monoisotopic (exact) mass is 466 g/mol. The molecule has 0 radical (unpaired) electrons. The largest absolute Gasteiger partial charge is 0.372 e. The zero-order chi connectivity index (χ0) is 22.6. The zero-order valence-corrected chi connectivity index (χ0v) is 20.8. The van der Waals surface area contributed by atoms with Gasteiger partial charge in [0.15, 0.2) is 17.9 Å². The average molecular weight is 467 g/mol. The van der Waals surface area contributed by atoms with Gasteiger partial charge in [-0.1, -0.05) is 58.3 Å². The summed E-state index contributed by atoms with van der Waals surface area (Å²) in [7, 11) is 0. The Kier molecular flexibility index (Phi) is 8.31. The van der Waals surface area contributed by atoms with Crippen LogP contribution in [0.3, 0.4) is 0 Å². The summed E-state index contributed by atoms with van der Waals surface area (Å²) in [5.41, 5.74) is 0. The molecule has 2 saturated carbocycles. The lowest BCUT2D eigenvalue weighted by atomic mass is 9.94. The third-order valence-corrected chi connectivity index (χ3v) is 8.42. The highest BCUT2D eigenvalue weighted by molar-refractivity contribution is 5.01. The van der Waals surface area contributed by atoms with Crippen molar-refractivity contribution in [1.82, 2.24) is 0 Å². The smallest absolute Gasteiger partial charge is 0.190 e. The lowest BCUT2D eigenvalue weighted by molar-refractivity contribution is -0.262. The fourth-order valence-corrected chi connectivity index (χ4v) is 6.54. The van der Waals surface area contributed by atoms with E-state index in [0.29, 0.717) is 6.61 Å². The fraction of sp³-hybridized carbons (Fsp3) is 1.00. The second kappa shape index (κ2) is 11.2. The molecule has 3 aliphatic heterocycles. The summed E-state index contributed by atoms with van der Waals surface area (Å²) in [6.45, 7) is 3.59. The summed E-state index contributed by atoms with van der Waals surface area (Å²) in [6.07, 6.45) is 19.1. The SMILES string of the molecule is CCCCCCCCCO[C@@H]1[C@H]2OC3(CCCCC3)O[C@H]2O[C@@H]1[C@H]1COC2(CCCCC2)O1. The molecule has 5 aliphatic rings. The third-order valence-electron chi connectivity index (χ3n) is 8.42. The molecule has 0 N–H and O–H groups in total. The minimum absolute atomic E-state index is 0.109. The number of rotatable bonds is 10. The molecule has 3 heterocycles. The molecule has 5 atom stereocenters. The third kappa shape index (κ3) is 5.62. The van der Waals surface area contributed by atoms with E-state index in [2.05, 4.69) is 6.92 Å². The van der Waals surface area contributed by atoms with E-state index >= 15 is 0 Å². The maximum absolute atomic E-state index is 6.61. The van der Waals surface area contributed by atoms with Gasteiger partial charge in [0, 0.05) is 32.3 Å². The fourth-order valence-electron chi connectivity index (χ4n) is 6.54. The van der Waals surface area contributed by atoms with Crippen molar-refractivity contribution in [2.45, 2.75) is 158 Å². The minimum Gasteiger partial charge on any atom is -0.372 e. The minimum atomic E-state index is -0.461. The van der Waals surface area contributed by atoms with Crippen LogP contribution in [0.1, 0.15) is 116 Å². The highest BCUT2D eigenvalue weighted by Crippen LogP contribution is 2.48. The van der Waals surface area contributed by atoms with Gasteiger partial charge in [-0.2, -0.15) is 0 Å². The Bertz CT molecular complexity index is 599. The van der Waals surface area contributed by atoms with Crippen molar-refractivity contribution in [3.05, 3.63) is 0 Å². The molecule has 0 bridgehead atoms. The predicted molar refractivity (Wildman–Crippen MR) is 125 cm³/mol. The summed E-state index contributed by atoms with van der Waals surface area (Å²) < 4.78 is 38.8. The van der Waals surface area contributed by atoms with Crippen LogP contribution in [0.4, 0.5) is 0 Å². The van der Waals surface area contributed by atoms with Crippen molar-refractivity contribution < 1.29 is 28.4 Å². The molecule has 0 aromatic rings. The molecule has 0 unspecified atom stereocenters. The van der Waals surface area contributed by atoms with E-state index in [4.69, 9.17) is 28.4 Å². The standard InChI is InChI=1S/C27H46O6/c1-2-3-4-5-6-7-14-19-28-23-22(21-20-29-26(31-21)15-10-8-11-16-26)30-25-24(23)32-27(33-25)17-12-9-13-18-27/h21-25H,2-20H2,1H3/t21-,22-,23+,24-,25-/m1/s1. The van der Waals surface area contributed by atoms with Gasteiger partial charge in [0.1, 0.15) is 24.4 Å². The van der Waals surface area contributed by atoms with Crippen LogP contribution in [0, 0.1) is 0 Å². The summed E-state index contributed by atoms with van der Waals surface area (Å²) in [6, 6.07) is 0. The molecule has 0 amide bonds. The first-order valence-electron chi connectivity index (χ1n) is 14.2. The van der Waals surface area contributed by atoms with Gasteiger partial charge in [0.05, 0.1) is 6.61 Å². The second-order valence-corrected chi connectivity index (χ2v) is 11.0. The maximum Gasteiger partial charge on any atom is 0.190 e. The highest BCUT2D eigenvalue weighted by Gasteiger charge is 2.61. The van der Waals surface area contributed by atoms with Crippen molar-refractivity contribution in [1.29, 1.82) is 0 Å². The van der Waals surface area contributed by atoms with Crippen molar-refractivity contribution in [3.63, 3.8) is 0 Å². The Morgan fingerprint density at radius 1 is 0.697 bits per heavy atom. The van der Waals surface area contributed by atoms with Crippen LogP contribution in [-0.2, 0) is 28.4 Å². The number of fused-ring (bicyclic) bond motifs is 1. The lowest BCUT2D eigenvalue weighted by Crippen LogP contribution is -2.46. The summed E-state index contributed by atoms with van der Waals surface area (Å²) >= 11 is 0. The van der Waals surface area contributed by atoms with E-state index in [1.54, 1.807) is 0 Å².